The molecule has 0 saturated carbocycles. The normalized spacial score (nSPS) is 19.2. The van der Waals surface area contributed by atoms with Crippen molar-refractivity contribution in [3.8, 4) is 5.75 Å². The number of nitrogens with zero attached hydrogens (tertiary/aromatic N) is 1. The van der Waals surface area contributed by atoms with E-state index in [1.807, 2.05) is 20.8 Å². The summed E-state index contributed by atoms with van der Waals surface area (Å²) in [7, 11) is 0. The molecule has 34 heavy (non-hydrogen) atoms. The van der Waals surface area contributed by atoms with Crippen molar-refractivity contribution < 1.29 is 27.5 Å². The molecule has 1 aliphatic heterocycles. The van der Waals surface area contributed by atoms with Crippen LogP contribution < -0.4 is 21.5 Å². The van der Waals surface area contributed by atoms with Crippen LogP contribution in [0.15, 0.2) is 47.5 Å². The summed E-state index contributed by atoms with van der Waals surface area (Å²) in [5.41, 5.74) is 5.66. The predicted molar refractivity (Wildman–Crippen MR) is 119 cm³/mol. The summed E-state index contributed by atoms with van der Waals surface area (Å²) in [5, 5.41) is 15.1. The van der Waals surface area contributed by atoms with Crippen LogP contribution in [0, 0.1) is 11.2 Å². The molecular formula is C23H27F4N5O2. The Labute approximate surface area is 194 Å². The lowest BCUT2D eigenvalue weighted by Crippen LogP contribution is -2.50. The first-order valence-electron chi connectivity index (χ1n) is 10.6. The average Bonchev–Trinajstić information content (AvgIpc) is 3.21. The number of amides is 1. The van der Waals surface area contributed by atoms with Crippen molar-refractivity contribution in [3.63, 3.8) is 0 Å². The molecular weight excluding hydrogens is 454 g/mol. The van der Waals surface area contributed by atoms with Gasteiger partial charge in [0.1, 0.15) is 0 Å². The van der Waals surface area contributed by atoms with Gasteiger partial charge in [-0.2, -0.15) is 13.2 Å². The van der Waals surface area contributed by atoms with Crippen molar-refractivity contribution >= 4 is 11.9 Å². The fraction of sp³-hybridized carbons (Fsp3) is 0.391. The van der Waals surface area contributed by atoms with Crippen LogP contribution in [0.3, 0.4) is 0 Å². The molecule has 3 rings (SSSR count). The van der Waals surface area contributed by atoms with Crippen LogP contribution in [-0.2, 0) is 6.18 Å². The van der Waals surface area contributed by atoms with Crippen LogP contribution in [0.5, 0.6) is 5.75 Å². The fourth-order valence-electron chi connectivity index (χ4n) is 3.20. The Kier molecular flexibility index (Phi) is 7.47. The second-order valence-corrected chi connectivity index (χ2v) is 9.24. The van der Waals surface area contributed by atoms with E-state index in [0.29, 0.717) is 18.5 Å². The summed E-state index contributed by atoms with van der Waals surface area (Å²) in [6, 6.07) is 7.72. The van der Waals surface area contributed by atoms with E-state index in [0.717, 1.165) is 24.3 Å². The first kappa shape index (κ1) is 25.4. The maximum absolute atomic E-state index is 13.7. The maximum atomic E-state index is 13.7. The molecule has 1 aliphatic rings. The largest absolute Gasteiger partial charge is 0.505 e. The van der Waals surface area contributed by atoms with Crippen molar-refractivity contribution in [1.82, 2.24) is 21.5 Å². The topological polar surface area (TPSA) is 97.8 Å². The number of benzene rings is 2. The summed E-state index contributed by atoms with van der Waals surface area (Å²) < 4.78 is 52.1. The zero-order valence-corrected chi connectivity index (χ0v) is 18.9. The molecule has 11 heteroatoms. The molecule has 1 amide bonds. The molecule has 7 nitrogen and oxygen atoms in total. The molecule has 2 aromatic rings. The van der Waals surface area contributed by atoms with Crippen LogP contribution in [0.2, 0.25) is 0 Å². The number of halogens is 4. The Hall–Kier alpha value is -3.18. The van der Waals surface area contributed by atoms with Crippen LogP contribution in [-0.4, -0.2) is 29.7 Å². The molecule has 1 heterocycles. The zero-order chi connectivity index (χ0) is 25.1. The molecule has 2 unspecified atom stereocenters. The minimum atomic E-state index is -4.49. The number of hydrazine groups is 1. The van der Waals surface area contributed by atoms with Gasteiger partial charge < -0.3 is 10.4 Å². The minimum absolute atomic E-state index is 0.0493. The number of hydrogen-bond acceptors (Lipinski definition) is 5. The fourth-order valence-corrected chi connectivity index (χ4v) is 3.20. The Morgan fingerprint density at radius 1 is 1.12 bits per heavy atom. The molecule has 1 fully saturated rings. The number of aromatic hydroxyl groups is 1. The monoisotopic (exact) mass is 481 g/mol. The van der Waals surface area contributed by atoms with Crippen LogP contribution in [0.25, 0.3) is 0 Å². The second kappa shape index (κ2) is 9.98. The Morgan fingerprint density at radius 3 is 2.38 bits per heavy atom. The van der Waals surface area contributed by atoms with Gasteiger partial charge in [0, 0.05) is 24.6 Å². The highest BCUT2D eigenvalue weighted by atomic mass is 19.4. The van der Waals surface area contributed by atoms with Crippen LogP contribution in [0.4, 0.5) is 17.6 Å². The Balaban J connectivity index is 1.70. The smallest absolute Gasteiger partial charge is 0.416 e. The van der Waals surface area contributed by atoms with E-state index >= 15 is 0 Å². The Morgan fingerprint density at radius 2 is 1.79 bits per heavy atom. The predicted octanol–water partition coefficient (Wildman–Crippen LogP) is 3.84. The van der Waals surface area contributed by atoms with Gasteiger partial charge in [0.05, 0.1) is 11.7 Å². The summed E-state index contributed by atoms with van der Waals surface area (Å²) in [5.74, 6) is -1.63. The highest BCUT2D eigenvalue weighted by Crippen LogP contribution is 2.29. The molecule has 0 aromatic heterocycles. The third-order valence-electron chi connectivity index (χ3n) is 5.01. The van der Waals surface area contributed by atoms with Gasteiger partial charge in [-0.25, -0.2) is 15.2 Å². The molecule has 0 aliphatic carbocycles. The summed E-state index contributed by atoms with van der Waals surface area (Å²) in [6.45, 7) is 6.28. The van der Waals surface area contributed by atoms with Gasteiger partial charge in [0.15, 0.2) is 17.5 Å². The van der Waals surface area contributed by atoms with Crippen molar-refractivity contribution in [3.05, 3.63) is 65.0 Å². The first-order valence-corrected chi connectivity index (χ1v) is 10.6. The minimum Gasteiger partial charge on any atom is -0.505 e. The number of hydrogen-bond donors (Lipinski definition) is 5. The maximum Gasteiger partial charge on any atom is 0.416 e. The molecule has 2 atom stereocenters. The van der Waals surface area contributed by atoms with Crippen LogP contribution in [0.1, 0.15) is 54.7 Å². The Bertz CT molecular complexity index is 1050. The van der Waals surface area contributed by atoms with E-state index in [2.05, 4.69) is 26.5 Å². The highest BCUT2D eigenvalue weighted by molar-refractivity contribution is 6.05. The average molecular weight is 481 g/mol. The zero-order valence-electron chi connectivity index (χ0n) is 18.9. The van der Waals surface area contributed by atoms with Gasteiger partial charge in [-0.05, 0) is 47.4 Å². The van der Waals surface area contributed by atoms with Gasteiger partial charge >= 0.3 is 6.18 Å². The van der Waals surface area contributed by atoms with E-state index in [1.54, 1.807) is 6.07 Å². The SMILES string of the molecule is CC(C)(C)CN=C(NC(=O)c1ccc(C(F)(F)F)cc1)NC1CC(c2ccc(O)c(F)c2)NN1. The van der Waals surface area contributed by atoms with Crippen molar-refractivity contribution in [1.29, 1.82) is 0 Å². The number of aliphatic imine (C=N–C) groups is 1. The molecule has 0 radical (unpaired) electrons. The molecule has 5 N–H and O–H groups in total. The molecule has 0 spiro atoms. The quantitative estimate of drug-likeness (QED) is 0.260. The van der Waals surface area contributed by atoms with E-state index in [1.165, 1.54) is 12.1 Å². The third kappa shape index (κ3) is 6.91. The van der Waals surface area contributed by atoms with E-state index in [9.17, 15) is 27.5 Å². The number of phenols is 1. The van der Waals surface area contributed by atoms with Crippen LogP contribution >= 0.6 is 0 Å². The van der Waals surface area contributed by atoms with Gasteiger partial charge in [-0.15, -0.1) is 0 Å². The van der Waals surface area contributed by atoms with E-state index in [4.69, 9.17) is 0 Å². The summed E-state index contributed by atoms with van der Waals surface area (Å²) >= 11 is 0. The van der Waals surface area contributed by atoms with Gasteiger partial charge in [0.25, 0.3) is 5.91 Å². The lowest BCUT2D eigenvalue weighted by atomic mass is 9.97. The standard InChI is InChI=1S/C23H27F4N5O2/c1-22(2,3)12-28-21(30-20(34)13-4-7-15(8-5-13)23(25,26)27)29-19-11-17(31-32-19)14-6-9-18(33)16(24)10-14/h4-10,17,19,31-33H,11-12H2,1-3H3,(H2,28,29,30,34). The number of alkyl halides is 3. The van der Waals surface area contributed by atoms with Crippen molar-refractivity contribution in [2.24, 2.45) is 10.4 Å². The number of carbonyl (C=O) groups is 1. The molecule has 184 valence electrons. The number of guanidine groups is 1. The van der Waals surface area contributed by atoms with E-state index in [-0.39, 0.29) is 23.0 Å². The van der Waals surface area contributed by atoms with Gasteiger partial charge in [-0.1, -0.05) is 26.8 Å². The van der Waals surface area contributed by atoms with Crippen molar-refractivity contribution in [2.75, 3.05) is 6.54 Å². The lowest BCUT2D eigenvalue weighted by Gasteiger charge is -2.20. The first-order chi connectivity index (χ1) is 15.8. The summed E-state index contributed by atoms with van der Waals surface area (Å²) in [6.07, 6.45) is -4.43. The lowest BCUT2D eigenvalue weighted by molar-refractivity contribution is -0.137. The van der Waals surface area contributed by atoms with Gasteiger partial charge in [0.2, 0.25) is 0 Å². The number of carbonyl (C=O) groups excluding carboxylic acids is 1. The molecule has 0 bridgehead atoms. The van der Waals surface area contributed by atoms with E-state index < -0.39 is 35.4 Å². The molecule has 1 saturated heterocycles. The highest BCUT2D eigenvalue weighted by Gasteiger charge is 2.30. The number of nitrogens with one attached hydrogen (secondary N) is 4. The second-order valence-electron chi connectivity index (χ2n) is 9.24. The summed E-state index contributed by atoms with van der Waals surface area (Å²) in [4.78, 5) is 17.1. The molecule has 2 aromatic carbocycles. The van der Waals surface area contributed by atoms with Crippen molar-refractivity contribution in [2.45, 2.75) is 45.6 Å². The number of phenolic OH excluding ortho intramolecular Hbond substituents is 1. The third-order valence-corrected chi connectivity index (χ3v) is 5.01. The van der Waals surface area contributed by atoms with Gasteiger partial charge in [-0.3, -0.25) is 15.1 Å². The number of rotatable bonds is 4.